The molecule has 0 atom stereocenters. The van der Waals surface area contributed by atoms with Crippen molar-refractivity contribution in [2.45, 2.75) is 14.4 Å². The van der Waals surface area contributed by atoms with E-state index < -0.39 is 0 Å². The van der Waals surface area contributed by atoms with Gasteiger partial charge in [0.2, 0.25) is 0 Å². The molecule has 0 fully saturated rings. The third kappa shape index (κ3) is 8.49. The molecule has 42 heavy (non-hydrogen) atoms. The number of para-hydroxylation sites is 2. The summed E-state index contributed by atoms with van der Waals surface area (Å²) in [5.41, 5.74) is 10.5. The first-order valence-corrected chi connectivity index (χ1v) is 15.3. The summed E-state index contributed by atoms with van der Waals surface area (Å²) in [6.45, 7) is 1.93. The average molecular weight is 664 g/mol. The lowest BCUT2D eigenvalue weighted by Crippen LogP contribution is -1.98. The van der Waals surface area contributed by atoms with Crippen LogP contribution in [0.5, 0.6) is 0 Å². The van der Waals surface area contributed by atoms with E-state index in [0.717, 1.165) is 26.4 Å². The molecule has 0 saturated heterocycles. The molecule has 2 aromatic carbocycles. The number of aliphatic hydroxyl groups is 1. The molecule has 5 aromatic heterocycles. The number of nitrogens with two attached hydrogens (primary N) is 1. The topological polar surface area (TPSA) is 119 Å². The van der Waals surface area contributed by atoms with Crippen LogP contribution in [-0.2, 0) is 0 Å². The maximum absolute atomic E-state index is 10.9. The van der Waals surface area contributed by atoms with Crippen molar-refractivity contribution in [2.24, 2.45) is 0 Å². The van der Waals surface area contributed by atoms with Gasteiger partial charge in [0.25, 0.3) is 0 Å². The highest BCUT2D eigenvalue weighted by Gasteiger charge is 2.09. The minimum atomic E-state index is 0. The second-order valence-corrected chi connectivity index (χ2v) is 10.8. The van der Waals surface area contributed by atoms with Gasteiger partial charge in [0, 0.05) is 48.7 Å². The number of aliphatic hydroxyl groups excluding tert-OH is 1. The lowest BCUT2D eigenvalue weighted by Gasteiger charge is -1.93. The number of anilines is 1. The van der Waals surface area contributed by atoms with Gasteiger partial charge < -0.3 is 10.8 Å². The van der Waals surface area contributed by atoms with Gasteiger partial charge in [0.15, 0.2) is 15.9 Å². The number of nitrogens with zero attached hydrogens (tertiary/aromatic N) is 5. The third-order valence-electron chi connectivity index (χ3n) is 5.41. The number of fused-ring (bicyclic) bond motifs is 4. The predicted octanol–water partition coefficient (Wildman–Crippen LogP) is 7.78. The second-order valence-electron chi connectivity index (χ2n) is 8.21. The molecular formula is C31H31BrN6O2S2. The molecule has 11 heteroatoms. The van der Waals surface area contributed by atoms with Gasteiger partial charge in [-0.05, 0) is 55.5 Å². The van der Waals surface area contributed by atoms with Crippen molar-refractivity contribution in [3.05, 3.63) is 109 Å². The highest BCUT2D eigenvalue weighted by atomic mass is 79.9. The molecule has 0 radical (unpaired) electrons. The number of Topliss-reactive ketones (excluding diaryl/α,β-unsaturated/α-hetero) is 1. The number of rotatable bonds is 3. The third-order valence-corrected chi connectivity index (χ3v) is 7.82. The van der Waals surface area contributed by atoms with E-state index in [9.17, 15) is 4.79 Å². The minimum Gasteiger partial charge on any atom is -0.397 e. The van der Waals surface area contributed by atoms with Crippen LogP contribution in [0.3, 0.4) is 0 Å². The summed E-state index contributed by atoms with van der Waals surface area (Å²) in [6, 6.07) is 23.6. The summed E-state index contributed by atoms with van der Waals surface area (Å²) in [5, 5.41) is 8.58. The Hall–Kier alpha value is -4.03. The number of halogens is 1. The number of benzene rings is 2. The Bertz CT molecular complexity index is 1790. The quantitative estimate of drug-likeness (QED) is 0.146. The zero-order chi connectivity index (χ0) is 29.0. The Morgan fingerprint density at radius 1 is 0.881 bits per heavy atom. The largest absolute Gasteiger partial charge is 0.397 e. The Kier molecular flexibility index (Phi) is 12.7. The number of carbonyl (C=O) groups is 1. The number of alkyl halides is 1. The van der Waals surface area contributed by atoms with Crippen LogP contribution in [0.2, 0.25) is 0 Å². The lowest BCUT2D eigenvalue weighted by molar-refractivity contribution is 0.102. The Morgan fingerprint density at radius 3 is 2.12 bits per heavy atom. The van der Waals surface area contributed by atoms with Crippen LogP contribution < -0.4 is 5.73 Å². The van der Waals surface area contributed by atoms with E-state index in [4.69, 9.17) is 10.8 Å². The molecule has 8 nitrogen and oxygen atoms in total. The normalized spacial score (nSPS) is 9.98. The van der Waals surface area contributed by atoms with Gasteiger partial charge >= 0.3 is 0 Å². The van der Waals surface area contributed by atoms with Crippen LogP contribution in [0.15, 0.2) is 104 Å². The first kappa shape index (κ1) is 32.5. The highest BCUT2D eigenvalue weighted by Crippen LogP contribution is 2.28. The fourth-order valence-electron chi connectivity index (χ4n) is 3.62. The summed E-state index contributed by atoms with van der Waals surface area (Å²) >= 11 is 6.31. The summed E-state index contributed by atoms with van der Waals surface area (Å²) in [6.07, 6.45) is 8.89. The van der Waals surface area contributed by atoms with Gasteiger partial charge in [-0.2, -0.15) is 0 Å². The average Bonchev–Trinajstić information content (AvgIpc) is 3.70. The number of ketones is 1. The zero-order valence-electron chi connectivity index (χ0n) is 22.1. The number of carbonyl (C=O) groups excluding carboxylic acids is 1. The monoisotopic (exact) mass is 662 g/mol. The van der Waals surface area contributed by atoms with E-state index in [1.165, 1.54) is 21.6 Å². The first-order chi connectivity index (χ1) is 20.0. The maximum Gasteiger partial charge on any atom is 0.195 e. The van der Waals surface area contributed by atoms with Crippen molar-refractivity contribution in [2.75, 3.05) is 17.7 Å². The first-order valence-electron chi connectivity index (χ1n) is 12.5. The Labute approximate surface area is 260 Å². The molecule has 216 valence electrons. The van der Waals surface area contributed by atoms with Crippen molar-refractivity contribution >= 4 is 74.9 Å². The standard InChI is InChI=1S/C14H9N3S.C7H6BrNO.C7H6N2S.C2H6O.CH4/c1-2-4-13-12(3-1)17-9-11(16-14(17)18-13)10-5-7-15-8-6-10;8-5-7(10)6-1-3-9-4-2-6;8-7-9-5-3-1-2-4-6(5)10-7;1-2-3;/h1-9H;1-4H,5H2;1-4H,(H2,8,9);3H,2H2,1H3;1H4. The number of thiazole rings is 2. The van der Waals surface area contributed by atoms with Crippen molar-refractivity contribution in [1.82, 2.24) is 24.3 Å². The van der Waals surface area contributed by atoms with Gasteiger partial charge in [-0.3, -0.25) is 19.2 Å². The van der Waals surface area contributed by atoms with Crippen LogP contribution in [0, 0.1) is 0 Å². The van der Waals surface area contributed by atoms with Crippen LogP contribution >= 0.6 is 38.6 Å². The molecule has 3 N–H and O–H groups in total. The van der Waals surface area contributed by atoms with Crippen molar-refractivity contribution in [3.63, 3.8) is 0 Å². The summed E-state index contributed by atoms with van der Waals surface area (Å²) in [4.78, 5) is 28.6. The lowest BCUT2D eigenvalue weighted by atomic mass is 10.2. The fraction of sp³-hybridized carbons (Fsp3) is 0.129. The summed E-state index contributed by atoms with van der Waals surface area (Å²) in [5.74, 6) is 0.0856. The predicted molar refractivity (Wildman–Crippen MR) is 180 cm³/mol. The van der Waals surface area contributed by atoms with E-state index in [0.29, 0.717) is 16.0 Å². The molecule has 5 heterocycles. The molecule has 0 amide bonds. The zero-order valence-corrected chi connectivity index (χ0v) is 25.3. The molecule has 0 aliphatic rings. The van der Waals surface area contributed by atoms with Gasteiger partial charge in [0.1, 0.15) is 0 Å². The summed E-state index contributed by atoms with van der Waals surface area (Å²) < 4.78 is 4.57. The fourth-order valence-corrected chi connectivity index (χ4v) is 5.68. The van der Waals surface area contributed by atoms with Gasteiger partial charge in [-0.25, -0.2) is 9.97 Å². The smallest absolute Gasteiger partial charge is 0.195 e. The molecule has 0 aliphatic heterocycles. The Balaban J connectivity index is 0.000000174. The molecule has 0 bridgehead atoms. The van der Waals surface area contributed by atoms with E-state index in [-0.39, 0.29) is 19.8 Å². The number of pyridine rings is 2. The maximum atomic E-state index is 10.9. The molecule has 0 spiro atoms. The summed E-state index contributed by atoms with van der Waals surface area (Å²) in [7, 11) is 0. The molecule has 7 aromatic rings. The number of nitrogen functional groups attached to an aromatic ring is 1. The number of hydrogen-bond acceptors (Lipinski definition) is 9. The van der Waals surface area contributed by atoms with Crippen molar-refractivity contribution < 1.29 is 9.90 Å². The van der Waals surface area contributed by atoms with Gasteiger partial charge in [-0.15, -0.1) is 0 Å². The highest BCUT2D eigenvalue weighted by molar-refractivity contribution is 9.09. The van der Waals surface area contributed by atoms with Crippen LogP contribution in [0.1, 0.15) is 24.7 Å². The van der Waals surface area contributed by atoms with Crippen LogP contribution in [-0.4, -0.2) is 47.2 Å². The van der Waals surface area contributed by atoms with Gasteiger partial charge in [-0.1, -0.05) is 70.3 Å². The molecule has 0 saturated carbocycles. The number of imidazole rings is 1. The second kappa shape index (κ2) is 16.4. The Morgan fingerprint density at radius 2 is 1.48 bits per heavy atom. The molecule has 7 rings (SSSR count). The van der Waals surface area contributed by atoms with Crippen LogP contribution in [0.4, 0.5) is 5.13 Å². The number of aromatic nitrogens is 5. The molecule has 0 unspecified atom stereocenters. The van der Waals surface area contributed by atoms with Gasteiger partial charge in [0.05, 0.1) is 31.5 Å². The minimum absolute atomic E-state index is 0. The van der Waals surface area contributed by atoms with Crippen molar-refractivity contribution in [3.8, 4) is 11.3 Å². The van der Waals surface area contributed by atoms with E-state index >= 15 is 0 Å². The SMILES string of the molecule is C.CCO.Nc1nc2ccccc2s1.O=C(CBr)c1ccncc1.c1ccc2c(c1)sc1nc(-c3ccncc3)cn12. The van der Waals surface area contributed by atoms with Crippen LogP contribution in [0.25, 0.3) is 36.7 Å². The van der Waals surface area contributed by atoms with Crippen molar-refractivity contribution in [1.29, 1.82) is 0 Å². The number of hydrogen-bond donors (Lipinski definition) is 2. The molecular weight excluding hydrogens is 632 g/mol. The molecule has 0 aliphatic carbocycles. The van der Waals surface area contributed by atoms with E-state index in [1.54, 1.807) is 55.2 Å². The van der Waals surface area contributed by atoms with E-state index in [2.05, 4.69) is 70.7 Å². The van der Waals surface area contributed by atoms with E-state index in [1.807, 2.05) is 36.4 Å².